The number of allylic oxidation sites excluding steroid dienone is 22. The van der Waals surface area contributed by atoms with Gasteiger partial charge in [0.05, 0.1) is 27.7 Å². The Morgan fingerprint density at radius 1 is 0.340 bits per heavy atom. The molecule has 0 amide bonds. The van der Waals surface area contributed by atoms with Gasteiger partial charge in [-0.2, -0.15) is 0 Å². The van der Waals surface area contributed by atoms with Crippen molar-refractivity contribution in [3.63, 3.8) is 0 Å². The van der Waals surface area contributed by atoms with E-state index in [9.17, 15) is 19.0 Å². The molecule has 0 aliphatic heterocycles. The highest BCUT2D eigenvalue weighted by Crippen LogP contribution is 2.43. The SMILES string of the molecule is CC/C=C\C/C=C\C/C=C\C/C=C\C/C=C\C/C=C\C/C=C\C/C=C\C/C=C\C/C=C\C/C=C\CCCCCCCC(=O)OC(COC(=O)CCCCCCCCCCCCCCCCCCCCCCCCCCCCCCCCC)COP(=O)(O)OCC[N+](C)(C)C. The molecule has 0 saturated carbocycles. The Bertz CT molecular complexity index is 2050. The van der Waals surface area contributed by atoms with Crippen LogP contribution in [0.3, 0.4) is 0 Å². The summed E-state index contributed by atoms with van der Waals surface area (Å²) in [7, 11) is 1.46. The van der Waals surface area contributed by atoms with Crippen molar-refractivity contribution in [2.75, 3.05) is 47.5 Å². The predicted octanol–water partition coefficient (Wildman–Crippen LogP) is 25.9. The van der Waals surface area contributed by atoms with E-state index in [2.05, 4.69) is 148 Å². The number of carbonyl (C=O) groups is 2. The molecule has 0 aliphatic rings. The van der Waals surface area contributed by atoms with E-state index in [4.69, 9.17) is 18.5 Å². The van der Waals surface area contributed by atoms with Gasteiger partial charge < -0.3 is 18.9 Å². The average molecular weight is 1330 g/mol. The maximum atomic E-state index is 12.9. The van der Waals surface area contributed by atoms with Crippen molar-refractivity contribution >= 4 is 19.8 Å². The molecule has 0 aromatic rings. The van der Waals surface area contributed by atoms with Crippen LogP contribution in [0.25, 0.3) is 0 Å². The lowest BCUT2D eigenvalue weighted by molar-refractivity contribution is -0.870. The highest BCUT2D eigenvalue weighted by Gasteiger charge is 2.27. The van der Waals surface area contributed by atoms with Gasteiger partial charge in [0, 0.05) is 12.8 Å². The number of hydrogen-bond acceptors (Lipinski definition) is 7. The van der Waals surface area contributed by atoms with Crippen LogP contribution in [0.4, 0.5) is 0 Å². The molecule has 10 heteroatoms. The fourth-order valence-corrected chi connectivity index (χ4v) is 11.5. The largest absolute Gasteiger partial charge is 0.472 e. The summed E-state index contributed by atoms with van der Waals surface area (Å²) in [5.74, 6) is -0.815. The quantitative estimate of drug-likeness (QED) is 0.0211. The molecular weight excluding hydrogens is 1180 g/mol. The first-order valence-electron chi connectivity index (χ1n) is 38.9. The number of carbonyl (C=O) groups excluding carboxylic acids is 2. The van der Waals surface area contributed by atoms with Gasteiger partial charge in [-0.3, -0.25) is 18.6 Å². The molecule has 0 aliphatic carbocycles. The van der Waals surface area contributed by atoms with Gasteiger partial charge in [-0.05, 0) is 96.3 Å². The van der Waals surface area contributed by atoms with Gasteiger partial charge in [0.2, 0.25) is 0 Å². The molecule has 2 atom stereocenters. The molecule has 0 saturated heterocycles. The number of phosphoric ester groups is 1. The van der Waals surface area contributed by atoms with Crippen LogP contribution in [0, 0.1) is 0 Å². The Morgan fingerprint density at radius 3 is 0.904 bits per heavy atom. The van der Waals surface area contributed by atoms with Crippen molar-refractivity contribution in [3.05, 3.63) is 134 Å². The topological polar surface area (TPSA) is 108 Å². The zero-order valence-electron chi connectivity index (χ0n) is 61.7. The summed E-state index contributed by atoms with van der Waals surface area (Å²) in [5.41, 5.74) is 0. The van der Waals surface area contributed by atoms with E-state index < -0.39 is 26.5 Å². The van der Waals surface area contributed by atoms with Crippen LogP contribution in [0.2, 0.25) is 0 Å². The normalized spacial score (nSPS) is 13.8. The van der Waals surface area contributed by atoms with Gasteiger partial charge in [-0.1, -0.05) is 359 Å². The Morgan fingerprint density at radius 2 is 0.606 bits per heavy atom. The summed E-state index contributed by atoms with van der Waals surface area (Å²) in [6.45, 7) is 4.33. The van der Waals surface area contributed by atoms with E-state index in [1.165, 1.54) is 180 Å². The first kappa shape index (κ1) is 90.2. The minimum atomic E-state index is -4.41. The van der Waals surface area contributed by atoms with E-state index in [0.29, 0.717) is 17.4 Å². The molecule has 0 spiro atoms. The Labute approximate surface area is 581 Å². The molecule has 0 bridgehead atoms. The first-order chi connectivity index (χ1) is 46.0. The molecule has 1 N–H and O–H groups in total. The van der Waals surface area contributed by atoms with Gasteiger partial charge in [-0.15, -0.1) is 0 Å². The highest BCUT2D eigenvalue weighted by atomic mass is 31.2. The van der Waals surface area contributed by atoms with E-state index in [0.717, 1.165) is 122 Å². The Hall–Kier alpha value is -3.85. The third-order valence-electron chi connectivity index (χ3n) is 16.7. The lowest BCUT2D eigenvalue weighted by atomic mass is 10.0. The molecule has 9 nitrogen and oxygen atoms in total. The minimum Gasteiger partial charge on any atom is -0.462 e. The van der Waals surface area contributed by atoms with Crippen LogP contribution in [-0.2, 0) is 32.7 Å². The number of unbranched alkanes of at least 4 members (excludes halogenated alkanes) is 35. The monoisotopic (exact) mass is 1330 g/mol. The zero-order valence-corrected chi connectivity index (χ0v) is 62.6. The predicted molar refractivity (Wildman–Crippen MR) is 408 cm³/mol. The lowest BCUT2D eigenvalue weighted by Crippen LogP contribution is -2.37. The molecule has 0 heterocycles. The lowest BCUT2D eigenvalue weighted by Gasteiger charge is -2.24. The summed E-state index contributed by atoms with van der Waals surface area (Å²) >= 11 is 0. The van der Waals surface area contributed by atoms with Crippen molar-refractivity contribution in [1.29, 1.82) is 0 Å². The Kier molecular flexibility index (Phi) is 70.4. The van der Waals surface area contributed by atoms with Crippen molar-refractivity contribution in [1.82, 2.24) is 0 Å². The van der Waals surface area contributed by atoms with E-state index in [-0.39, 0.29) is 32.0 Å². The van der Waals surface area contributed by atoms with Crippen LogP contribution in [0.1, 0.15) is 335 Å². The van der Waals surface area contributed by atoms with Crippen LogP contribution >= 0.6 is 7.82 Å². The summed E-state index contributed by atoms with van der Waals surface area (Å²) in [6.07, 6.45) is 107. The van der Waals surface area contributed by atoms with Crippen molar-refractivity contribution in [2.45, 2.75) is 341 Å². The third-order valence-corrected chi connectivity index (χ3v) is 17.7. The number of phosphoric acid groups is 1. The molecule has 0 aromatic heterocycles. The summed E-state index contributed by atoms with van der Waals surface area (Å²) in [6, 6.07) is 0. The van der Waals surface area contributed by atoms with Gasteiger partial charge in [-0.25, -0.2) is 4.57 Å². The van der Waals surface area contributed by atoms with Gasteiger partial charge in [0.1, 0.15) is 19.8 Å². The van der Waals surface area contributed by atoms with Crippen LogP contribution in [0.5, 0.6) is 0 Å². The molecular formula is C84H147NO8P+. The third kappa shape index (κ3) is 77.2. The van der Waals surface area contributed by atoms with Gasteiger partial charge in [0.25, 0.3) is 0 Å². The molecule has 0 radical (unpaired) electrons. The number of likely N-dealkylation sites (N-methyl/N-ethyl adjacent to an activating group) is 1. The van der Waals surface area contributed by atoms with Crippen LogP contribution < -0.4 is 0 Å². The number of esters is 2. The molecule has 94 heavy (non-hydrogen) atoms. The van der Waals surface area contributed by atoms with Crippen molar-refractivity contribution in [3.8, 4) is 0 Å². The zero-order chi connectivity index (χ0) is 68.3. The first-order valence-corrected chi connectivity index (χ1v) is 40.4. The van der Waals surface area contributed by atoms with E-state index >= 15 is 0 Å². The Balaban J connectivity index is 4.08. The number of ether oxygens (including phenoxy) is 2. The van der Waals surface area contributed by atoms with Gasteiger partial charge in [0.15, 0.2) is 6.10 Å². The smallest absolute Gasteiger partial charge is 0.462 e. The van der Waals surface area contributed by atoms with Gasteiger partial charge >= 0.3 is 19.8 Å². The maximum absolute atomic E-state index is 12.9. The summed E-state index contributed by atoms with van der Waals surface area (Å²) in [5, 5.41) is 0. The van der Waals surface area contributed by atoms with Crippen molar-refractivity contribution in [2.24, 2.45) is 0 Å². The number of quaternary nitrogens is 1. The van der Waals surface area contributed by atoms with Crippen molar-refractivity contribution < 1.29 is 42.1 Å². The molecule has 0 fully saturated rings. The standard InChI is InChI=1S/C84H146NO8P/c1-6-8-10-12-14-16-18-20-22-24-26-28-30-32-34-36-38-39-40-41-42-43-44-45-47-49-51-53-55-57-59-61-63-65-67-69-71-73-75-77-84(87)93-82(81-92-94(88,89)91-79-78-85(3,4)5)80-90-83(86)76-74-72-70-68-66-64-62-60-58-56-54-52-50-48-46-37-35-33-31-29-27-25-23-21-19-17-15-13-11-9-7-2/h8,10,14,16,20,22,26,28,32,34,38-39,41-42,44-45,49,51,55,57,61,63,82H,6-7,9,11-13,15,17-19,21,23-25,27,29-31,33,35-37,40,43,46-48,50,52-54,56,58-60,62,64-81H2,1-5H3/p+1/b10-8-,16-14-,22-20-,28-26-,34-32-,39-38-,42-41-,45-44-,51-49-,57-55-,63-61-. The second kappa shape index (κ2) is 73.4. The summed E-state index contributed by atoms with van der Waals surface area (Å²) in [4.78, 5) is 35.9. The second-order valence-electron chi connectivity index (χ2n) is 27.0. The van der Waals surface area contributed by atoms with Crippen LogP contribution in [-0.4, -0.2) is 74.9 Å². The maximum Gasteiger partial charge on any atom is 0.472 e. The van der Waals surface area contributed by atoms with E-state index in [1.807, 2.05) is 21.1 Å². The fourth-order valence-electron chi connectivity index (χ4n) is 10.8. The molecule has 0 aromatic carbocycles. The molecule has 540 valence electrons. The second-order valence-corrected chi connectivity index (χ2v) is 28.5. The number of nitrogens with zero attached hydrogens (tertiary/aromatic N) is 1. The fraction of sp³-hybridized carbons (Fsp3) is 0.714. The summed E-state index contributed by atoms with van der Waals surface area (Å²) < 4.78 is 34.8. The minimum absolute atomic E-state index is 0.0227. The average Bonchev–Trinajstić information content (AvgIpc) is 1.56. The van der Waals surface area contributed by atoms with E-state index in [1.54, 1.807) is 0 Å². The molecule has 0 rings (SSSR count). The number of rotatable bonds is 71. The van der Waals surface area contributed by atoms with Crippen LogP contribution in [0.15, 0.2) is 134 Å². The molecule has 2 unspecified atom stereocenters. The highest BCUT2D eigenvalue weighted by molar-refractivity contribution is 7.47. The number of hydrogen-bond donors (Lipinski definition) is 1.